The molecule has 184 valence electrons. The monoisotopic (exact) mass is 501 g/mol. The van der Waals surface area contributed by atoms with Crippen LogP contribution in [0.2, 0.25) is 5.02 Å². The molecule has 6 nitrogen and oxygen atoms in total. The molecule has 1 aliphatic carbocycles. The molecule has 1 aliphatic heterocycles. The van der Waals surface area contributed by atoms with Gasteiger partial charge in [0.2, 0.25) is 0 Å². The van der Waals surface area contributed by atoms with Crippen LogP contribution in [0, 0.1) is 0 Å². The Morgan fingerprint density at radius 1 is 1.03 bits per heavy atom. The lowest BCUT2D eigenvalue weighted by Gasteiger charge is -2.31. The Morgan fingerprint density at radius 2 is 1.81 bits per heavy atom. The van der Waals surface area contributed by atoms with E-state index in [1.165, 1.54) is 11.3 Å². The predicted octanol–water partition coefficient (Wildman–Crippen LogP) is 5.44. The Balaban J connectivity index is 1.28. The molecule has 5 rings (SSSR count). The van der Waals surface area contributed by atoms with Gasteiger partial charge < -0.3 is 14.4 Å². The van der Waals surface area contributed by atoms with Crippen molar-refractivity contribution in [1.82, 2.24) is 10.3 Å². The van der Waals surface area contributed by atoms with Crippen molar-refractivity contribution >= 4 is 40.6 Å². The van der Waals surface area contributed by atoms with E-state index < -0.39 is 0 Å². The lowest BCUT2D eigenvalue weighted by Crippen LogP contribution is -2.36. The van der Waals surface area contributed by atoms with Crippen molar-refractivity contribution in [1.29, 1.82) is 0 Å². The number of carbonyl (C=O) groups excluding carboxylic acids is 1. The van der Waals surface area contributed by atoms with Crippen LogP contribution in [0.1, 0.15) is 18.4 Å². The van der Waals surface area contributed by atoms with E-state index in [0.717, 1.165) is 52.9 Å². The summed E-state index contributed by atoms with van der Waals surface area (Å²) in [5.41, 5.74) is 7.26. The van der Waals surface area contributed by atoms with Gasteiger partial charge in [-0.25, -0.2) is 5.43 Å². The molecule has 0 spiro atoms. The zero-order valence-electron chi connectivity index (χ0n) is 20.0. The van der Waals surface area contributed by atoms with E-state index in [9.17, 15) is 4.79 Å². The molecule has 0 atom stereocenters. The van der Waals surface area contributed by atoms with Gasteiger partial charge in [0.25, 0.3) is 5.91 Å². The van der Waals surface area contributed by atoms with Gasteiger partial charge in [0, 0.05) is 29.2 Å². The molecule has 1 amide bonds. The summed E-state index contributed by atoms with van der Waals surface area (Å²) in [4.78, 5) is 14.8. The molecule has 3 aromatic carbocycles. The summed E-state index contributed by atoms with van der Waals surface area (Å²) in [5.74, 6) is 0.375. The quantitative estimate of drug-likeness (QED) is 0.346. The molecule has 36 heavy (non-hydrogen) atoms. The summed E-state index contributed by atoms with van der Waals surface area (Å²) in [6.07, 6.45) is 5.74. The number of morpholine rings is 1. The zero-order valence-corrected chi connectivity index (χ0v) is 20.7. The van der Waals surface area contributed by atoms with Crippen LogP contribution in [-0.4, -0.2) is 49.9 Å². The van der Waals surface area contributed by atoms with Gasteiger partial charge in [0.05, 0.1) is 19.4 Å². The van der Waals surface area contributed by atoms with Crippen LogP contribution < -0.4 is 10.2 Å². The number of halogens is 1. The molecule has 1 heterocycles. The third kappa shape index (κ3) is 5.78. The van der Waals surface area contributed by atoms with E-state index in [4.69, 9.17) is 21.1 Å². The highest BCUT2D eigenvalue weighted by molar-refractivity contribution is 6.30. The van der Waals surface area contributed by atoms with E-state index in [-0.39, 0.29) is 12.5 Å². The second-order valence-corrected chi connectivity index (χ2v) is 9.19. The summed E-state index contributed by atoms with van der Waals surface area (Å²) in [7, 11) is 0. The molecule has 3 aromatic rings. The van der Waals surface area contributed by atoms with Crippen molar-refractivity contribution in [3.8, 4) is 5.75 Å². The zero-order chi connectivity index (χ0) is 24.7. The standard InChI is InChI=1S/C29H28ClN3O3/c30-25-12-8-21(9-13-25)18-23-10-11-24(29(23)33-14-16-35-17-15-33)19-31-32-28(34)20-36-27-7-3-5-22-4-1-2-6-26(22)27/h1-9,12-13,18-19H,10-11,14-17,20H2,(H,32,34)/b23-18+,31-19-. The largest absolute Gasteiger partial charge is 0.483 e. The highest BCUT2D eigenvalue weighted by Gasteiger charge is 2.25. The minimum Gasteiger partial charge on any atom is -0.483 e. The second kappa shape index (κ2) is 11.4. The Hall–Kier alpha value is -3.61. The van der Waals surface area contributed by atoms with Crippen LogP contribution in [-0.2, 0) is 9.53 Å². The molecule has 2 aliphatic rings. The second-order valence-electron chi connectivity index (χ2n) is 8.75. The Labute approximate surface area is 215 Å². The number of carbonyl (C=O) groups is 1. The van der Waals surface area contributed by atoms with Gasteiger partial charge >= 0.3 is 0 Å². The maximum atomic E-state index is 12.4. The number of nitrogens with one attached hydrogen (secondary N) is 1. The van der Waals surface area contributed by atoms with Crippen LogP contribution in [0.15, 0.2) is 88.7 Å². The van der Waals surface area contributed by atoms with E-state index in [2.05, 4.69) is 21.5 Å². The molecule has 7 heteroatoms. The molecule has 0 radical (unpaired) electrons. The number of ether oxygens (including phenoxy) is 2. The lowest BCUT2D eigenvalue weighted by molar-refractivity contribution is -0.123. The molecule has 1 saturated heterocycles. The van der Waals surface area contributed by atoms with Gasteiger partial charge in [-0.1, -0.05) is 60.1 Å². The average molecular weight is 502 g/mol. The summed E-state index contributed by atoms with van der Waals surface area (Å²) in [6.45, 7) is 2.95. The third-order valence-electron chi connectivity index (χ3n) is 6.33. The molecule has 0 bridgehead atoms. The Kier molecular flexibility index (Phi) is 7.64. The maximum Gasteiger partial charge on any atom is 0.277 e. The van der Waals surface area contributed by atoms with Crippen LogP contribution in [0.25, 0.3) is 16.8 Å². The number of nitrogens with zero attached hydrogens (tertiary/aromatic N) is 2. The number of hydrazone groups is 1. The van der Waals surface area contributed by atoms with E-state index >= 15 is 0 Å². The first-order valence-electron chi connectivity index (χ1n) is 12.1. The highest BCUT2D eigenvalue weighted by Crippen LogP contribution is 2.35. The SMILES string of the molecule is O=C(COc1cccc2ccccc12)N/N=C\C1=C(N2CCOCC2)C(=C/c2ccc(Cl)cc2)/CC1. The lowest BCUT2D eigenvalue weighted by atomic mass is 10.1. The number of allylic oxidation sites excluding steroid dienone is 2. The number of benzene rings is 3. The van der Waals surface area contributed by atoms with Crippen LogP contribution in [0.4, 0.5) is 0 Å². The molecule has 1 N–H and O–H groups in total. The topological polar surface area (TPSA) is 63.2 Å². The van der Waals surface area contributed by atoms with E-state index in [1.54, 1.807) is 6.21 Å². The molecule has 0 aromatic heterocycles. The molecule has 0 saturated carbocycles. The fourth-order valence-corrected chi connectivity index (χ4v) is 4.74. The van der Waals surface area contributed by atoms with Gasteiger partial charge in [0.1, 0.15) is 5.75 Å². The minimum absolute atomic E-state index is 0.109. The van der Waals surface area contributed by atoms with Crippen LogP contribution in [0.5, 0.6) is 5.75 Å². The van der Waals surface area contributed by atoms with Crippen molar-refractivity contribution in [2.75, 3.05) is 32.9 Å². The first-order chi connectivity index (χ1) is 17.7. The van der Waals surface area contributed by atoms with Crippen molar-refractivity contribution in [3.05, 3.63) is 94.2 Å². The van der Waals surface area contributed by atoms with Gasteiger partial charge in [-0.3, -0.25) is 4.79 Å². The number of fused-ring (bicyclic) bond motifs is 1. The van der Waals surface area contributed by atoms with Crippen molar-refractivity contribution in [3.63, 3.8) is 0 Å². The van der Waals surface area contributed by atoms with E-state index in [1.807, 2.05) is 66.7 Å². The summed E-state index contributed by atoms with van der Waals surface area (Å²) in [5, 5.41) is 7.03. The predicted molar refractivity (Wildman–Crippen MR) is 144 cm³/mol. The van der Waals surface area contributed by atoms with Gasteiger partial charge in [-0.2, -0.15) is 5.10 Å². The molecular weight excluding hydrogens is 474 g/mol. The normalized spacial score (nSPS) is 17.4. The number of amides is 1. The van der Waals surface area contributed by atoms with E-state index in [0.29, 0.717) is 19.0 Å². The van der Waals surface area contributed by atoms with Gasteiger partial charge in [-0.15, -0.1) is 0 Å². The number of hydrogen-bond donors (Lipinski definition) is 1. The third-order valence-corrected chi connectivity index (χ3v) is 6.58. The van der Waals surface area contributed by atoms with Crippen LogP contribution >= 0.6 is 11.6 Å². The highest BCUT2D eigenvalue weighted by atomic mass is 35.5. The maximum absolute atomic E-state index is 12.4. The van der Waals surface area contributed by atoms with Gasteiger partial charge in [0.15, 0.2) is 6.61 Å². The average Bonchev–Trinajstić information content (AvgIpc) is 3.31. The summed E-state index contributed by atoms with van der Waals surface area (Å²) < 4.78 is 11.3. The Morgan fingerprint density at radius 3 is 2.64 bits per heavy atom. The number of hydrogen-bond acceptors (Lipinski definition) is 5. The number of rotatable bonds is 7. The smallest absolute Gasteiger partial charge is 0.277 e. The molecule has 0 unspecified atom stereocenters. The first kappa shape index (κ1) is 24.1. The minimum atomic E-state index is -0.303. The molecule has 1 fully saturated rings. The van der Waals surface area contributed by atoms with Crippen molar-refractivity contribution in [2.45, 2.75) is 12.8 Å². The molecular formula is C29H28ClN3O3. The summed E-state index contributed by atoms with van der Waals surface area (Å²) >= 11 is 6.05. The first-order valence-corrected chi connectivity index (χ1v) is 12.5. The fourth-order valence-electron chi connectivity index (χ4n) is 4.61. The summed E-state index contributed by atoms with van der Waals surface area (Å²) in [6, 6.07) is 21.6. The Bertz CT molecular complexity index is 1320. The fraction of sp³-hybridized carbons (Fsp3) is 0.241. The van der Waals surface area contributed by atoms with Crippen molar-refractivity contribution in [2.24, 2.45) is 5.10 Å². The van der Waals surface area contributed by atoms with Crippen molar-refractivity contribution < 1.29 is 14.3 Å². The van der Waals surface area contributed by atoms with Gasteiger partial charge in [-0.05, 0) is 59.2 Å². The van der Waals surface area contributed by atoms with Crippen LogP contribution in [0.3, 0.4) is 0 Å².